The van der Waals surface area contributed by atoms with Crippen molar-refractivity contribution in [3.8, 4) is 0 Å². The van der Waals surface area contributed by atoms with Gasteiger partial charge in [-0.15, -0.1) is 0 Å². The molecule has 1 aromatic heterocycles. The topological polar surface area (TPSA) is 90.0 Å². The minimum atomic E-state index is -0.436. The number of aromatic nitrogens is 2. The van der Waals surface area contributed by atoms with Gasteiger partial charge < -0.3 is 15.6 Å². The lowest BCUT2D eigenvalue weighted by atomic mass is 10.3. The first kappa shape index (κ1) is 14.0. The van der Waals surface area contributed by atoms with Crippen LogP contribution in [0.5, 0.6) is 0 Å². The molecule has 6 nitrogen and oxygen atoms in total. The van der Waals surface area contributed by atoms with Gasteiger partial charge in [0.15, 0.2) is 0 Å². The zero-order chi connectivity index (χ0) is 14.5. The van der Waals surface area contributed by atoms with Gasteiger partial charge in [0.05, 0.1) is 17.6 Å². The van der Waals surface area contributed by atoms with Crippen molar-refractivity contribution in [1.82, 2.24) is 14.9 Å². The van der Waals surface area contributed by atoms with Gasteiger partial charge in [0.2, 0.25) is 11.8 Å². The van der Waals surface area contributed by atoms with Gasteiger partial charge in [0, 0.05) is 6.42 Å². The molecule has 6 heteroatoms. The highest BCUT2D eigenvalue weighted by atomic mass is 16.2. The molecule has 0 aliphatic heterocycles. The molecule has 2 aromatic rings. The van der Waals surface area contributed by atoms with E-state index >= 15 is 0 Å². The van der Waals surface area contributed by atoms with Gasteiger partial charge in [-0.1, -0.05) is 19.1 Å². The van der Waals surface area contributed by atoms with E-state index in [1.807, 2.05) is 31.2 Å². The third kappa shape index (κ3) is 3.14. The van der Waals surface area contributed by atoms with Crippen LogP contribution in [0.25, 0.3) is 11.0 Å². The Morgan fingerprint density at radius 1 is 1.35 bits per heavy atom. The molecule has 0 atom stereocenters. The number of carbonyl (C=O) groups excluding carboxylic acids is 2. The number of para-hydroxylation sites is 2. The first-order valence-electron chi connectivity index (χ1n) is 6.61. The van der Waals surface area contributed by atoms with Crippen LogP contribution in [0.3, 0.4) is 0 Å². The van der Waals surface area contributed by atoms with Gasteiger partial charge in [0.1, 0.15) is 12.4 Å². The average molecular weight is 274 g/mol. The highest BCUT2D eigenvalue weighted by Gasteiger charge is 2.12. The van der Waals surface area contributed by atoms with E-state index in [1.165, 1.54) is 0 Å². The van der Waals surface area contributed by atoms with Crippen molar-refractivity contribution in [1.29, 1.82) is 0 Å². The van der Waals surface area contributed by atoms with Gasteiger partial charge in [-0.2, -0.15) is 0 Å². The molecule has 0 fully saturated rings. The third-order valence-electron chi connectivity index (χ3n) is 2.97. The highest BCUT2D eigenvalue weighted by molar-refractivity contribution is 5.80. The number of benzene rings is 1. The number of primary amides is 1. The number of nitrogens with two attached hydrogens (primary N) is 1. The van der Waals surface area contributed by atoms with E-state index < -0.39 is 5.91 Å². The second-order valence-electron chi connectivity index (χ2n) is 4.60. The minimum absolute atomic E-state index is 0.0230. The van der Waals surface area contributed by atoms with Crippen molar-refractivity contribution in [2.75, 3.05) is 0 Å². The normalized spacial score (nSPS) is 10.7. The molecule has 2 amide bonds. The van der Waals surface area contributed by atoms with Gasteiger partial charge in [0.25, 0.3) is 0 Å². The molecule has 2 rings (SSSR count). The molecule has 1 heterocycles. The number of nitrogens with zero attached hydrogens (tertiary/aromatic N) is 2. The largest absolute Gasteiger partial charge is 0.368 e. The predicted molar refractivity (Wildman–Crippen MR) is 75.7 cm³/mol. The van der Waals surface area contributed by atoms with Crippen molar-refractivity contribution in [2.24, 2.45) is 5.73 Å². The van der Waals surface area contributed by atoms with E-state index in [1.54, 1.807) is 4.57 Å². The minimum Gasteiger partial charge on any atom is -0.368 e. The van der Waals surface area contributed by atoms with Crippen molar-refractivity contribution in [3.05, 3.63) is 30.1 Å². The molecule has 0 saturated heterocycles. The summed E-state index contributed by atoms with van der Waals surface area (Å²) < 4.78 is 1.74. The standard InChI is InChI=1S/C14H18N4O2/c1-2-5-14(20)16-8-13-17-10-6-3-4-7-11(10)18(13)9-12(15)19/h3-4,6-7H,2,5,8-9H2,1H3,(H2,15,19)(H,16,20). The van der Waals surface area contributed by atoms with Crippen LogP contribution in [0, 0.1) is 0 Å². The summed E-state index contributed by atoms with van der Waals surface area (Å²) in [4.78, 5) is 27.2. The molecule has 0 unspecified atom stereocenters. The fraction of sp³-hybridized carbons (Fsp3) is 0.357. The lowest BCUT2D eigenvalue weighted by Crippen LogP contribution is -2.26. The zero-order valence-electron chi connectivity index (χ0n) is 11.4. The van der Waals surface area contributed by atoms with Crippen LogP contribution in [0.1, 0.15) is 25.6 Å². The number of hydrogen-bond donors (Lipinski definition) is 2. The second-order valence-corrected chi connectivity index (χ2v) is 4.60. The molecule has 1 aromatic carbocycles. The highest BCUT2D eigenvalue weighted by Crippen LogP contribution is 2.15. The van der Waals surface area contributed by atoms with Gasteiger partial charge in [-0.05, 0) is 18.6 Å². The van der Waals surface area contributed by atoms with Gasteiger partial charge >= 0.3 is 0 Å². The van der Waals surface area contributed by atoms with Crippen molar-refractivity contribution < 1.29 is 9.59 Å². The zero-order valence-corrected chi connectivity index (χ0v) is 11.4. The quantitative estimate of drug-likeness (QED) is 0.821. The molecule has 0 radical (unpaired) electrons. The van der Waals surface area contributed by atoms with Crippen LogP contribution in [-0.4, -0.2) is 21.4 Å². The lowest BCUT2D eigenvalue weighted by molar-refractivity contribution is -0.121. The molecular formula is C14H18N4O2. The summed E-state index contributed by atoms with van der Waals surface area (Å²) in [5, 5.41) is 2.80. The molecule has 0 spiro atoms. The van der Waals surface area contributed by atoms with E-state index in [-0.39, 0.29) is 12.5 Å². The maximum atomic E-state index is 11.5. The smallest absolute Gasteiger partial charge is 0.237 e. The molecule has 20 heavy (non-hydrogen) atoms. The molecule has 3 N–H and O–H groups in total. The predicted octanol–water partition coefficient (Wildman–Crippen LogP) is 0.938. The Labute approximate surface area is 117 Å². The Hall–Kier alpha value is -2.37. The Kier molecular flexibility index (Phi) is 4.34. The summed E-state index contributed by atoms with van der Waals surface area (Å²) in [6.45, 7) is 2.29. The van der Waals surface area contributed by atoms with Crippen LogP contribution in [0.2, 0.25) is 0 Å². The molecular weight excluding hydrogens is 256 g/mol. The van der Waals surface area contributed by atoms with Crippen LogP contribution in [0.4, 0.5) is 0 Å². The van der Waals surface area contributed by atoms with Crippen molar-refractivity contribution in [2.45, 2.75) is 32.9 Å². The summed E-state index contributed by atoms with van der Waals surface area (Å²) in [6, 6.07) is 7.50. The number of hydrogen-bond acceptors (Lipinski definition) is 3. The molecule has 0 aliphatic carbocycles. The number of imidazole rings is 1. The van der Waals surface area contributed by atoms with Crippen LogP contribution >= 0.6 is 0 Å². The van der Waals surface area contributed by atoms with E-state index in [0.717, 1.165) is 17.5 Å². The maximum absolute atomic E-state index is 11.5. The molecule has 0 saturated carbocycles. The Bertz CT molecular complexity index is 633. The first-order chi connectivity index (χ1) is 9.61. The molecule has 0 aliphatic rings. The average Bonchev–Trinajstić information content (AvgIpc) is 2.75. The fourth-order valence-corrected chi connectivity index (χ4v) is 2.09. The molecule has 0 bridgehead atoms. The fourth-order valence-electron chi connectivity index (χ4n) is 2.09. The summed E-state index contributed by atoms with van der Waals surface area (Å²) in [6.07, 6.45) is 1.28. The van der Waals surface area contributed by atoms with E-state index in [2.05, 4.69) is 10.3 Å². The number of fused-ring (bicyclic) bond motifs is 1. The summed E-state index contributed by atoms with van der Waals surface area (Å²) in [5.74, 6) is 0.175. The van der Waals surface area contributed by atoms with Crippen molar-refractivity contribution in [3.63, 3.8) is 0 Å². The lowest BCUT2D eigenvalue weighted by Gasteiger charge is -2.08. The molecule has 106 valence electrons. The summed E-state index contributed by atoms with van der Waals surface area (Å²) in [5.41, 5.74) is 6.90. The van der Waals surface area contributed by atoms with Crippen LogP contribution in [-0.2, 0) is 22.7 Å². The summed E-state index contributed by atoms with van der Waals surface area (Å²) in [7, 11) is 0. The number of carbonyl (C=O) groups is 2. The number of rotatable bonds is 6. The summed E-state index contributed by atoms with van der Waals surface area (Å²) >= 11 is 0. The Balaban J connectivity index is 2.26. The van der Waals surface area contributed by atoms with Crippen molar-refractivity contribution >= 4 is 22.8 Å². The van der Waals surface area contributed by atoms with Gasteiger partial charge in [-0.25, -0.2) is 4.98 Å². The van der Waals surface area contributed by atoms with E-state index in [9.17, 15) is 9.59 Å². The third-order valence-corrected chi connectivity index (χ3v) is 2.97. The number of nitrogens with one attached hydrogen (secondary N) is 1. The van der Waals surface area contributed by atoms with E-state index in [4.69, 9.17) is 5.73 Å². The van der Waals surface area contributed by atoms with Gasteiger partial charge in [-0.3, -0.25) is 9.59 Å². The monoisotopic (exact) mass is 274 g/mol. The van der Waals surface area contributed by atoms with E-state index in [0.29, 0.717) is 18.8 Å². The number of amides is 2. The Morgan fingerprint density at radius 3 is 2.80 bits per heavy atom. The first-order valence-corrected chi connectivity index (χ1v) is 6.61. The Morgan fingerprint density at radius 2 is 2.10 bits per heavy atom. The van der Waals surface area contributed by atoms with Crippen LogP contribution in [0.15, 0.2) is 24.3 Å². The second kappa shape index (κ2) is 6.18. The SMILES string of the molecule is CCCC(=O)NCc1nc2ccccc2n1CC(N)=O. The van der Waals surface area contributed by atoms with Crippen LogP contribution < -0.4 is 11.1 Å². The maximum Gasteiger partial charge on any atom is 0.237 e.